The molecule has 2 heterocycles. The maximum absolute atomic E-state index is 12.7. The molecule has 24 heavy (non-hydrogen) atoms. The van der Waals surface area contributed by atoms with Gasteiger partial charge in [0.1, 0.15) is 0 Å². The molecular weight excluding hydrogens is 300 g/mol. The van der Waals surface area contributed by atoms with Gasteiger partial charge in [-0.3, -0.25) is 0 Å². The summed E-state index contributed by atoms with van der Waals surface area (Å²) in [7, 11) is 4.06. The van der Waals surface area contributed by atoms with Crippen molar-refractivity contribution in [3.8, 4) is 0 Å². The molecule has 0 saturated carbocycles. The number of hydrogen-bond acceptors (Lipinski definition) is 2. The van der Waals surface area contributed by atoms with E-state index >= 15 is 0 Å². The molecule has 0 radical (unpaired) electrons. The average molecular weight is 326 g/mol. The molecule has 3 rings (SSSR count). The van der Waals surface area contributed by atoms with Crippen LogP contribution in [0.2, 0.25) is 0 Å². The van der Waals surface area contributed by atoms with Crippen molar-refractivity contribution in [2.45, 2.75) is 32.5 Å². The van der Waals surface area contributed by atoms with Gasteiger partial charge < -0.3 is 19.7 Å². The first-order valence-corrected chi connectivity index (χ1v) is 8.47. The van der Waals surface area contributed by atoms with Crippen molar-refractivity contribution in [1.29, 1.82) is 0 Å². The molecule has 0 fully saturated rings. The number of amides is 2. The summed E-state index contributed by atoms with van der Waals surface area (Å²) in [5.74, 6) is 0. The van der Waals surface area contributed by atoms with Crippen LogP contribution in [0.25, 0.3) is 0 Å². The van der Waals surface area contributed by atoms with Crippen LogP contribution in [0.3, 0.4) is 0 Å². The number of anilines is 1. The van der Waals surface area contributed by atoms with Crippen molar-refractivity contribution < 1.29 is 4.79 Å². The number of nitrogens with one attached hydrogen (secondary N) is 1. The van der Waals surface area contributed by atoms with E-state index < -0.39 is 0 Å². The van der Waals surface area contributed by atoms with Gasteiger partial charge >= 0.3 is 6.03 Å². The number of nitrogens with zero attached hydrogens (tertiary/aromatic N) is 3. The Bertz CT molecular complexity index is 702. The van der Waals surface area contributed by atoms with E-state index in [1.165, 1.54) is 0 Å². The molecule has 5 heteroatoms. The number of aromatic nitrogens is 1. The molecule has 0 bridgehead atoms. The number of fused-ring (bicyclic) bond motifs is 1. The summed E-state index contributed by atoms with van der Waals surface area (Å²) in [6.45, 7) is 5.53. The Labute approximate surface area is 143 Å². The molecule has 1 aliphatic rings. The van der Waals surface area contributed by atoms with Gasteiger partial charge in [0, 0.05) is 50.8 Å². The molecular formula is C19H26N4O. The summed E-state index contributed by atoms with van der Waals surface area (Å²) in [5.41, 5.74) is 3.46. The smallest absolute Gasteiger partial charge is 0.318 e. The lowest BCUT2D eigenvalue weighted by atomic mass is 10.00. The molecule has 1 aromatic carbocycles. The fourth-order valence-corrected chi connectivity index (χ4v) is 3.24. The van der Waals surface area contributed by atoms with E-state index in [1.54, 1.807) is 0 Å². The van der Waals surface area contributed by atoms with Crippen LogP contribution in [0.15, 0.2) is 42.6 Å². The maximum Gasteiger partial charge on any atom is 0.318 e. The van der Waals surface area contributed by atoms with E-state index in [9.17, 15) is 4.79 Å². The summed E-state index contributed by atoms with van der Waals surface area (Å²) in [4.78, 5) is 16.7. The van der Waals surface area contributed by atoms with Crippen LogP contribution in [0.1, 0.15) is 31.1 Å². The third-order valence-corrected chi connectivity index (χ3v) is 4.44. The van der Waals surface area contributed by atoms with Crippen LogP contribution in [-0.2, 0) is 6.54 Å². The van der Waals surface area contributed by atoms with Crippen LogP contribution in [0.4, 0.5) is 10.5 Å². The van der Waals surface area contributed by atoms with Crippen molar-refractivity contribution in [2.24, 2.45) is 0 Å². The predicted octanol–water partition coefficient (Wildman–Crippen LogP) is 3.08. The first kappa shape index (κ1) is 16.4. The van der Waals surface area contributed by atoms with Crippen molar-refractivity contribution in [3.63, 3.8) is 0 Å². The van der Waals surface area contributed by atoms with Crippen molar-refractivity contribution in [3.05, 3.63) is 53.9 Å². The van der Waals surface area contributed by atoms with Crippen LogP contribution in [-0.4, -0.2) is 42.2 Å². The van der Waals surface area contributed by atoms with E-state index in [0.717, 1.165) is 23.5 Å². The van der Waals surface area contributed by atoms with E-state index in [-0.39, 0.29) is 18.1 Å². The molecule has 0 saturated heterocycles. The third-order valence-electron chi connectivity index (χ3n) is 4.44. The Hall–Kier alpha value is -2.43. The zero-order chi connectivity index (χ0) is 17.3. The summed E-state index contributed by atoms with van der Waals surface area (Å²) >= 11 is 0. The highest BCUT2D eigenvalue weighted by molar-refractivity contribution is 5.75. The molecule has 1 unspecified atom stereocenters. The quantitative estimate of drug-likeness (QED) is 0.942. The Morgan fingerprint density at radius 2 is 1.88 bits per heavy atom. The highest BCUT2D eigenvalue weighted by Crippen LogP contribution is 2.33. The standard InChI is InChI=1S/C19H26N4O/c1-14(2)20-19(24)23-13-12-22-11-5-6-17(22)18(23)15-7-9-16(10-8-15)21(3)4/h5-11,14,18H,12-13H2,1-4H3,(H,20,24). The Morgan fingerprint density at radius 3 is 2.50 bits per heavy atom. The number of urea groups is 1. The Morgan fingerprint density at radius 1 is 1.17 bits per heavy atom. The minimum absolute atomic E-state index is 0.000800. The van der Waals surface area contributed by atoms with Gasteiger partial charge in [0.25, 0.3) is 0 Å². The molecule has 1 aromatic heterocycles. The molecule has 2 aromatic rings. The lowest BCUT2D eigenvalue weighted by Gasteiger charge is -2.37. The number of carbonyl (C=O) groups is 1. The molecule has 5 nitrogen and oxygen atoms in total. The molecule has 2 amide bonds. The second-order valence-electron chi connectivity index (χ2n) is 6.81. The number of benzene rings is 1. The topological polar surface area (TPSA) is 40.5 Å². The minimum Gasteiger partial charge on any atom is -0.378 e. The van der Waals surface area contributed by atoms with E-state index in [1.807, 2.05) is 32.8 Å². The van der Waals surface area contributed by atoms with Crippen LogP contribution >= 0.6 is 0 Å². The van der Waals surface area contributed by atoms with E-state index in [0.29, 0.717) is 6.54 Å². The zero-order valence-electron chi connectivity index (χ0n) is 14.9. The summed E-state index contributed by atoms with van der Waals surface area (Å²) < 4.78 is 2.24. The third kappa shape index (κ3) is 3.11. The van der Waals surface area contributed by atoms with Gasteiger partial charge in [0.05, 0.1) is 6.04 Å². The Balaban J connectivity index is 1.97. The second-order valence-corrected chi connectivity index (χ2v) is 6.81. The number of hydrogen-bond donors (Lipinski definition) is 1. The summed E-state index contributed by atoms with van der Waals surface area (Å²) in [5, 5.41) is 3.03. The van der Waals surface area contributed by atoms with Crippen molar-refractivity contribution in [1.82, 2.24) is 14.8 Å². The fourth-order valence-electron chi connectivity index (χ4n) is 3.24. The monoisotopic (exact) mass is 326 g/mol. The van der Waals surface area contributed by atoms with Gasteiger partial charge in [-0.2, -0.15) is 0 Å². The highest BCUT2D eigenvalue weighted by Gasteiger charge is 2.32. The van der Waals surface area contributed by atoms with Gasteiger partial charge in [-0.1, -0.05) is 12.1 Å². The maximum atomic E-state index is 12.7. The zero-order valence-corrected chi connectivity index (χ0v) is 14.9. The summed E-state index contributed by atoms with van der Waals surface area (Å²) in [6.07, 6.45) is 2.09. The molecule has 1 atom stereocenters. The van der Waals surface area contributed by atoms with Gasteiger partial charge in [0.15, 0.2) is 0 Å². The first-order chi connectivity index (χ1) is 11.5. The predicted molar refractivity (Wildman–Crippen MR) is 97.4 cm³/mol. The van der Waals surface area contributed by atoms with Gasteiger partial charge in [-0.25, -0.2) is 4.79 Å². The van der Waals surface area contributed by atoms with Crippen LogP contribution in [0.5, 0.6) is 0 Å². The fraction of sp³-hybridized carbons (Fsp3) is 0.421. The SMILES string of the molecule is CC(C)NC(=O)N1CCn2cccc2C1c1ccc(N(C)C)cc1. The number of carbonyl (C=O) groups excluding carboxylic acids is 1. The average Bonchev–Trinajstić information content (AvgIpc) is 3.01. The number of rotatable bonds is 3. The van der Waals surface area contributed by atoms with E-state index in [2.05, 4.69) is 57.4 Å². The van der Waals surface area contributed by atoms with Crippen molar-refractivity contribution >= 4 is 11.7 Å². The lowest BCUT2D eigenvalue weighted by Crippen LogP contribution is -2.48. The minimum atomic E-state index is -0.0521. The molecule has 0 spiro atoms. The molecule has 1 N–H and O–H groups in total. The largest absolute Gasteiger partial charge is 0.378 e. The lowest BCUT2D eigenvalue weighted by molar-refractivity contribution is 0.166. The Kier molecular flexibility index (Phi) is 4.51. The van der Waals surface area contributed by atoms with Gasteiger partial charge in [-0.05, 0) is 43.7 Å². The van der Waals surface area contributed by atoms with Gasteiger partial charge in [0.2, 0.25) is 0 Å². The highest BCUT2D eigenvalue weighted by atomic mass is 16.2. The molecule has 0 aliphatic carbocycles. The van der Waals surface area contributed by atoms with E-state index in [4.69, 9.17) is 0 Å². The van der Waals surface area contributed by atoms with Crippen molar-refractivity contribution in [2.75, 3.05) is 25.5 Å². The second kappa shape index (κ2) is 6.59. The van der Waals surface area contributed by atoms with Crippen LogP contribution < -0.4 is 10.2 Å². The summed E-state index contributed by atoms with van der Waals surface area (Å²) in [6, 6.07) is 12.7. The molecule has 1 aliphatic heterocycles. The normalized spacial score (nSPS) is 16.9. The first-order valence-electron chi connectivity index (χ1n) is 8.47. The molecule has 128 valence electrons. The van der Waals surface area contributed by atoms with Gasteiger partial charge in [-0.15, -0.1) is 0 Å². The van der Waals surface area contributed by atoms with Crippen LogP contribution in [0, 0.1) is 0 Å².